The van der Waals surface area contributed by atoms with Crippen LogP contribution >= 0.6 is 0 Å². The van der Waals surface area contributed by atoms with Gasteiger partial charge in [0.2, 0.25) is 0 Å². The van der Waals surface area contributed by atoms with Crippen LogP contribution in [0.4, 0.5) is 0 Å². The van der Waals surface area contributed by atoms with E-state index in [1.807, 2.05) is 29.2 Å². The van der Waals surface area contributed by atoms with Crippen molar-refractivity contribution in [3.05, 3.63) is 78.4 Å². The van der Waals surface area contributed by atoms with E-state index in [1.165, 1.54) is 5.56 Å². The Bertz CT molecular complexity index is 751. The Balaban J connectivity index is 1.65. The first-order chi connectivity index (χ1) is 12.7. The predicted octanol–water partition coefficient (Wildman–Crippen LogP) is 3.22. The molecule has 5 nitrogen and oxygen atoms in total. The van der Waals surface area contributed by atoms with Crippen molar-refractivity contribution in [2.24, 2.45) is 0 Å². The molecule has 0 saturated carbocycles. The number of hydrogen-bond donors (Lipinski definition) is 0. The zero-order valence-electron chi connectivity index (χ0n) is 15.6. The lowest BCUT2D eigenvalue weighted by Gasteiger charge is -2.23. The molecular formula is C21H27N5. The van der Waals surface area contributed by atoms with E-state index in [2.05, 4.69) is 70.4 Å². The molecule has 0 aliphatic carbocycles. The second-order valence-corrected chi connectivity index (χ2v) is 6.81. The van der Waals surface area contributed by atoms with Gasteiger partial charge in [-0.1, -0.05) is 18.2 Å². The number of aromatic nitrogens is 3. The van der Waals surface area contributed by atoms with Crippen molar-refractivity contribution in [1.29, 1.82) is 0 Å². The summed E-state index contributed by atoms with van der Waals surface area (Å²) < 4.78 is 1.88. The topological polar surface area (TPSA) is 37.2 Å². The van der Waals surface area contributed by atoms with E-state index in [9.17, 15) is 0 Å². The van der Waals surface area contributed by atoms with Crippen LogP contribution in [0.2, 0.25) is 0 Å². The molecule has 0 unspecified atom stereocenters. The molecule has 0 amide bonds. The summed E-state index contributed by atoms with van der Waals surface area (Å²) in [6.07, 6.45) is 6.77. The van der Waals surface area contributed by atoms with Gasteiger partial charge in [-0.05, 0) is 63.0 Å². The van der Waals surface area contributed by atoms with Crippen molar-refractivity contribution < 1.29 is 0 Å². The molecule has 0 aliphatic rings. The summed E-state index contributed by atoms with van der Waals surface area (Å²) in [7, 11) is 4.24. The van der Waals surface area contributed by atoms with Crippen molar-refractivity contribution in [1.82, 2.24) is 24.6 Å². The highest BCUT2D eigenvalue weighted by molar-refractivity contribution is 5.33. The molecule has 3 aromatic rings. The molecule has 0 fully saturated rings. The molecule has 0 atom stereocenters. The van der Waals surface area contributed by atoms with E-state index in [4.69, 9.17) is 0 Å². The van der Waals surface area contributed by atoms with Crippen LogP contribution in [-0.2, 0) is 13.1 Å². The van der Waals surface area contributed by atoms with Gasteiger partial charge in [0.15, 0.2) is 0 Å². The number of hydrogen-bond acceptors (Lipinski definition) is 4. The highest BCUT2D eigenvalue weighted by Gasteiger charge is 2.09. The monoisotopic (exact) mass is 349 g/mol. The van der Waals surface area contributed by atoms with Gasteiger partial charge in [0, 0.05) is 38.2 Å². The number of benzene rings is 1. The molecule has 3 rings (SSSR count). The van der Waals surface area contributed by atoms with E-state index in [1.54, 1.807) is 6.20 Å². The summed E-state index contributed by atoms with van der Waals surface area (Å²) in [6, 6.07) is 16.7. The molecule has 0 radical (unpaired) electrons. The van der Waals surface area contributed by atoms with E-state index in [-0.39, 0.29) is 0 Å². The molecule has 136 valence electrons. The van der Waals surface area contributed by atoms with Crippen molar-refractivity contribution in [2.75, 3.05) is 27.2 Å². The van der Waals surface area contributed by atoms with Crippen LogP contribution < -0.4 is 0 Å². The third kappa shape index (κ3) is 5.51. The summed E-state index contributed by atoms with van der Waals surface area (Å²) in [5.41, 5.74) is 3.51. The summed E-state index contributed by atoms with van der Waals surface area (Å²) in [4.78, 5) is 9.19. The van der Waals surface area contributed by atoms with Gasteiger partial charge >= 0.3 is 0 Å². The SMILES string of the molecule is CN(C)CCCN(Cc1ccc(-n2cccn2)cc1)Cc1ccccn1. The first-order valence-electron chi connectivity index (χ1n) is 9.06. The first kappa shape index (κ1) is 18.3. The molecule has 1 aromatic carbocycles. The molecule has 26 heavy (non-hydrogen) atoms. The van der Waals surface area contributed by atoms with E-state index in [0.717, 1.165) is 44.0 Å². The molecular weight excluding hydrogens is 322 g/mol. The van der Waals surface area contributed by atoms with Gasteiger partial charge in [-0.2, -0.15) is 5.10 Å². The molecule has 5 heteroatoms. The summed E-state index contributed by atoms with van der Waals surface area (Å²) in [5.74, 6) is 0. The van der Waals surface area contributed by atoms with Crippen molar-refractivity contribution in [3.63, 3.8) is 0 Å². The van der Waals surface area contributed by atoms with Crippen LogP contribution in [0, 0.1) is 0 Å². The quantitative estimate of drug-likeness (QED) is 0.594. The Hall–Kier alpha value is -2.50. The van der Waals surface area contributed by atoms with Gasteiger partial charge < -0.3 is 4.90 Å². The van der Waals surface area contributed by atoms with Crippen LogP contribution in [0.25, 0.3) is 5.69 Å². The fourth-order valence-corrected chi connectivity index (χ4v) is 2.98. The minimum Gasteiger partial charge on any atom is -0.309 e. The standard InChI is InChI=1S/C21H27N5/c1-24(2)14-6-15-25(18-20-7-3-4-12-22-20)17-19-8-10-21(11-9-19)26-16-5-13-23-26/h3-5,7-13,16H,6,14-15,17-18H2,1-2H3. The zero-order valence-corrected chi connectivity index (χ0v) is 15.6. The number of rotatable bonds is 9. The normalized spacial score (nSPS) is 11.4. The maximum Gasteiger partial charge on any atom is 0.0645 e. The Morgan fingerprint density at radius 3 is 2.38 bits per heavy atom. The molecule has 2 heterocycles. The fraction of sp³-hybridized carbons (Fsp3) is 0.333. The van der Waals surface area contributed by atoms with Crippen molar-refractivity contribution >= 4 is 0 Å². The number of pyridine rings is 1. The lowest BCUT2D eigenvalue weighted by Crippen LogP contribution is -2.27. The minimum absolute atomic E-state index is 0.870. The van der Waals surface area contributed by atoms with E-state index < -0.39 is 0 Å². The molecule has 0 aliphatic heterocycles. The maximum atomic E-state index is 4.49. The van der Waals surface area contributed by atoms with E-state index >= 15 is 0 Å². The highest BCUT2D eigenvalue weighted by Crippen LogP contribution is 2.13. The Morgan fingerprint density at radius 1 is 0.885 bits per heavy atom. The fourth-order valence-electron chi connectivity index (χ4n) is 2.98. The van der Waals surface area contributed by atoms with Gasteiger partial charge in [0.25, 0.3) is 0 Å². The third-order valence-corrected chi connectivity index (χ3v) is 4.30. The van der Waals surface area contributed by atoms with Gasteiger partial charge in [-0.3, -0.25) is 9.88 Å². The van der Waals surface area contributed by atoms with Crippen LogP contribution in [0.15, 0.2) is 67.1 Å². The average molecular weight is 349 g/mol. The maximum absolute atomic E-state index is 4.49. The first-order valence-corrected chi connectivity index (χ1v) is 9.06. The second-order valence-electron chi connectivity index (χ2n) is 6.81. The molecule has 0 spiro atoms. The zero-order chi connectivity index (χ0) is 18.2. The van der Waals surface area contributed by atoms with Crippen LogP contribution in [0.5, 0.6) is 0 Å². The molecule has 2 aromatic heterocycles. The van der Waals surface area contributed by atoms with Crippen molar-refractivity contribution in [2.45, 2.75) is 19.5 Å². The molecule has 0 saturated heterocycles. The van der Waals surface area contributed by atoms with E-state index in [0.29, 0.717) is 0 Å². The predicted molar refractivity (Wildman–Crippen MR) is 105 cm³/mol. The Morgan fingerprint density at radius 2 is 1.73 bits per heavy atom. The molecule has 0 bridgehead atoms. The minimum atomic E-state index is 0.870. The van der Waals surface area contributed by atoms with Gasteiger partial charge in [0.1, 0.15) is 0 Å². The van der Waals surface area contributed by atoms with Crippen LogP contribution in [0.3, 0.4) is 0 Å². The highest BCUT2D eigenvalue weighted by atomic mass is 15.3. The summed E-state index contributed by atoms with van der Waals surface area (Å²) >= 11 is 0. The van der Waals surface area contributed by atoms with Crippen LogP contribution in [-0.4, -0.2) is 51.7 Å². The van der Waals surface area contributed by atoms with Gasteiger partial charge in [0.05, 0.1) is 11.4 Å². The van der Waals surface area contributed by atoms with Crippen molar-refractivity contribution in [3.8, 4) is 5.69 Å². The summed E-state index contributed by atoms with van der Waals surface area (Å²) in [5, 5.41) is 4.28. The smallest absolute Gasteiger partial charge is 0.0645 e. The third-order valence-electron chi connectivity index (χ3n) is 4.30. The second kappa shape index (κ2) is 9.27. The Kier molecular flexibility index (Phi) is 6.52. The Labute approximate surface area is 155 Å². The lowest BCUT2D eigenvalue weighted by atomic mass is 10.1. The van der Waals surface area contributed by atoms with Crippen LogP contribution in [0.1, 0.15) is 17.7 Å². The lowest BCUT2D eigenvalue weighted by molar-refractivity contribution is 0.237. The number of nitrogens with zero attached hydrogens (tertiary/aromatic N) is 5. The summed E-state index contributed by atoms with van der Waals surface area (Å²) in [6.45, 7) is 3.94. The largest absolute Gasteiger partial charge is 0.309 e. The average Bonchev–Trinajstić information content (AvgIpc) is 3.17. The van der Waals surface area contributed by atoms with Gasteiger partial charge in [-0.15, -0.1) is 0 Å². The molecule has 0 N–H and O–H groups in total. The van der Waals surface area contributed by atoms with Gasteiger partial charge in [-0.25, -0.2) is 4.68 Å².